The summed E-state index contributed by atoms with van der Waals surface area (Å²) in [4.78, 5) is 9.46. The van der Waals surface area contributed by atoms with E-state index in [0.29, 0.717) is 0 Å². The highest BCUT2D eigenvalue weighted by molar-refractivity contribution is 5.93. The summed E-state index contributed by atoms with van der Waals surface area (Å²) >= 11 is 0. The van der Waals surface area contributed by atoms with Gasteiger partial charge in [0.15, 0.2) is 0 Å². The van der Waals surface area contributed by atoms with E-state index in [9.17, 15) is 8.78 Å². The molecule has 0 atom stereocenters. The highest BCUT2D eigenvalue weighted by Gasteiger charge is 2.13. The van der Waals surface area contributed by atoms with Crippen LogP contribution in [0.3, 0.4) is 0 Å². The van der Waals surface area contributed by atoms with Crippen LogP contribution in [0.25, 0.3) is 45.4 Å². The molecule has 36 heavy (non-hydrogen) atoms. The van der Waals surface area contributed by atoms with Gasteiger partial charge in [-0.3, -0.25) is 4.98 Å². The third kappa shape index (κ3) is 5.08. The van der Waals surface area contributed by atoms with Gasteiger partial charge < -0.3 is 0 Å². The molecule has 1 heterocycles. The lowest BCUT2D eigenvalue weighted by Gasteiger charge is -2.18. The molecule has 0 saturated carbocycles. The summed E-state index contributed by atoms with van der Waals surface area (Å²) in [6.45, 7) is 6.60. The van der Waals surface area contributed by atoms with Crippen molar-refractivity contribution in [3.8, 4) is 22.3 Å². The molecule has 2 nitrogen and oxygen atoms in total. The number of fused-ring (bicyclic) bond motifs is 1. The van der Waals surface area contributed by atoms with Crippen molar-refractivity contribution in [2.45, 2.75) is 26.2 Å². The zero-order valence-corrected chi connectivity index (χ0v) is 20.5. The second-order valence-corrected chi connectivity index (χ2v) is 9.90. The van der Waals surface area contributed by atoms with Crippen LogP contribution in [0.2, 0.25) is 0 Å². The normalized spacial score (nSPS) is 11.9. The number of benzene rings is 4. The van der Waals surface area contributed by atoms with E-state index >= 15 is 0 Å². The van der Waals surface area contributed by atoms with Crippen molar-refractivity contribution < 1.29 is 8.78 Å². The Labute approximate surface area is 210 Å². The maximum atomic E-state index is 13.6. The van der Waals surface area contributed by atoms with Crippen LogP contribution in [-0.4, -0.2) is 9.97 Å². The summed E-state index contributed by atoms with van der Waals surface area (Å²) in [5.74, 6) is -0.599. The fourth-order valence-electron chi connectivity index (χ4n) is 4.17. The number of hydrogen-bond donors (Lipinski definition) is 0. The molecule has 4 heteroatoms. The van der Waals surface area contributed by atoms with Gasteiger partial charge in [0.2, 0.25) is 0 Å². The molecule has 5 aromatic rings. The summed E-state index contributed by atoms with van der Waals surface area (Å²) in [5.41, 5.74) is 8.13. The lowest BCUT2D eigenvalue weighted by Crippen LogP contribution is -2.10. The minimum absolute atomic E-state index is 0.112. The molecule has 0 aliphatic carbocycles. The Morgan fingerprint density at radius 2 is 1.17 bits per heavy atom. The first kappa shape index (κ1) is 23.6. The molecule has 0 aliphatic rings. The van der Waals surface area contributed by atoms with Crippen LogP contribution in [0.15, 0.2) is 91.1 Å². The first-order chi connectivity index (χ1) is 17.3. The summed E-state index contributed by atoms with van der Waals surface area (Å²) in [7, 11) is 0. The number of halogens is 2. The van der Waals surface area contributed by atoms with Gasteiger partial charge >= 0.3 is 0 Å². The predicted molar refractivity (Wildman–Crippen MR) is 144 cm³/mol. The van der Waals surface area contributed by atoms with Gasteiger partial charge in [-0.2, -0.15) is 0 Å². The average Bonchev–Trinajstić information content (AvgIpc) is 2.87. The molecule has 0 bridgehead atoms. The summed E-state index contributed by atoms with van der Waals surface area (Å²) in [5, 5.41) is 0. The number of nitrogens with zero attached hydrogens (tertiary/aromatic N) is 2. The van der Waals surface area contributed by atoms with Crippen LogP contribution in [0.1, 0.15) is 37.6 Å². The lowest BCUT2D eigenvalue weighted by molar-refractivity contribution is 0.590. The first-order valence-corrected chi connectivity index (χ1v) is 11.9. The minimum Gasteiger partial charge on any atom is -0.252 e. The molecule has 0 N–H and O–H groups in total. The number of rotatable bonds is 4. The van der Waals surface area contributed by atoms with E-state index in [1.807, 2.05) is 24.3 Å². The zero-order chi connectivity index (χ0) is 25.3. The Morgan fingerprint density at radius 1 is 0.639 bits per heavy atom. The summed E-state index contributed by atoms with van der Waals surface area (Å²) in [6.07, 6.45) is 5.72. The molecule has 0 saturated heterocycles. The standard InChI is InChI=1S/C32H26F2N2/c1-32(2,3)24-11-4-21(5-12-24)6-17-27-20-35-30-18-28(22-7-13-25(33)14-8-22)29(19-31(30)36-27)23-9-15-26(34)16-10-23/h4-20H,1-3H3. The van der Waals surface area contributed by atoms with Gasteiger partial charge in [-0.25, -0.2) is 13.8 Å². The van der Waals surface area contributed by atoms with Gasteiger partial charge in [0.1, 0.15) is 11.6 Å². The van der Waals surface area contributed by atoms with Crippen molar-refractivity contribution in [2.24, 2.45) is 0 Å². The van der Waals surface area contributed by atoms with E-state index in [-0.39, 0.29) is 17.0 Å². The summed E-state index contributed by atoms with van der Waals surface area (Å²) < 4.78 is 27.2. The van der Waals surface area contributed by atoms with E-state index in [1.54, 1.807) is 30.5 Å². The molecule has 0 spiro atoms. The van der Waals surface area contributed by atoms with Gasteiger partial charge in [0, 0.05) is 0 Å². The molecule has 4 aromatic carbocycles. The Hall–Kier alpha value is -4.18. The fraction of sp³-hybridized carbons (Fsp3) is 0.125. The monoisotopic (exact) mass is 476 g/mol. The molecular weight excluding hydrogens is 450 g/mol. The van der Waals surface area contributed by atoms with Crippen LogP contribution >= 0.6 is 0 Å². The third-order valence-corrected chi connectivity index (χ3v) is 6.23. The van der Waals surface area contributed by atoms with Crippen molar-refractivity contribution >= 4 is 23.2 Å². The molecule has 5 rings (SSSR count). The molecule has 0 unspecified atom stereocenters. The van der Waals surface area contributed by atoms with Crippen molar-refractivity contribution in [3.63, 3.8) is 0 Å². The van der Waals surface area contributed by atoms with Crippen LogP contribution in [-0.2, 0) is 5.41 Å². The van der Waals surface area contributed by atoms with Crippen molar-refractivity contribution in [2.75, 3.05) is 0 Å². The topological polar surface area (TPSA) is 25.8 Å². The van der Waals surface area contributed by atoms with E-state index in [1.165, 1.54) is 29.8 Å². The van der Waals surface area contributed by atoms with E-state index < -0.39 is 0 Å². The maximum absolute atomic E-state index is 13.6. The van der Waals surface area contributed by atoms with Gasteiger partial charge in [-0.1, -0.05) is 75.4 Å². The van der Waals surface area contributed by atoms with Crippen molar-refractivity contribution in [1.82, 2.24) is 9.97 Å². The van der Waals surface area contributed by atoms with Gasteiger partial charge in [-0.15, -0.1) is 0 Å². The third-order valence-electron chi connectivity index (χ3n) is 6.23. The SMILES string of the molecule is CC(C)(C)c1ccc(C=Cc2cnc3cc(-c4ccc(F)cc4)c(-c4ccc(F)cc4)cc3n2)cc1. The first-order valence-electron chi connectivity index (χ1n) is 11.9. The van der Waals surface area contributed by atoms with Gasteiger partial charge in [-0.05, 0) is 81.3 Å². The lowest BCUT2D eigenvalue weighted by atomic mass is 9.87. The van der Waals surface area contributed by atoms with Crippen molar-refractivity contribution in [3.05, 3.63) is 120 Å². The smallest absolute Gasteiger partial charge is 0.123 e. The van der Waals surface area contributed by atoms with E-state index in [0.717, 1.165) is 44.5 Å². The molecule has 0 fully saturated rings. The Bertz CT molecular complexity index is 1540. The van der Waals surface area contributed by atoms with Crippen LogP contribution in [0, 0.1) is 11.6 Å². The predicted octanol–water partition coefficient (Wildman–Crippen LogP) is 8.71. The van der Waals surface area contributed by atoms with Gasteiger partial charge in [0.25, 0.3) is 0 Å². The maximum Gasteiger partial charge on any atom is 0.123 e. The van der Waals surface area contributed by atoms with E-state index in [4.69, 9.17) is 4.98 Å². The molecular formula is C32H26F2N2. The fourth-order valence-corrected chi connectivity index (χ4v) is 4.17. The second kappa shape index (κ2) is 9.46. The minimum atomic E-state index is -0.300. The molecule has 178 valence electrons. The number of aromatic nitrogens is 2. The van der Waals surface area contributed by atoms with Crippen LogP contribution in [0.4, 0.5) is 8.78 Å². The summed E-state index contributed by atoms with van der Waals surface area (Å²) in [6, 6.07) is 25.1. The molecule has 0 aliphatic heterocycles. The van der Waals surface area contributed by atoms with Crippen molar-refractivity contribution in [1.29, 1.82) is 0 Å². The Balaban J connectivity index is 1.55. The average molecular weight is 477 g/mol. The highest BCUT2D eigenvalue weighted by Crippen LogP contribution is 2.35. The zero-order valence-electron chi connectivity index (χ0n) is 20.5. The highest BCUT2D eigenvalue weighted by atomic mass is 19.1. The largest absolute Gasteiger partial charge is 0.252 e. The van der Waals surface area contributed by atoms with Gasteiger partial charge in [0.05, 0.1) is 22.9 Å². The number of hydrogen-bond acceptors (Lipinski definition) is 2. The van der Waals surface area contributed by atoms with Crippen LogP contribution < -0.4 is 0 Å². The molecule has 0 radical (unpaired) electrons. The Kier molecular flexibility index (Phi) is 6.19. The molecule has 1 aromatic heterocycles. The van der Waals surface area contributed by atoms with Crippen LogP contribution in [0.5, 0.6) is 0 Å². The quantitative estimate of drug-likeness (QED) is 0.259. The second-order valence-electron chi connectivity index (χ2n) is 9.90. The van der Waals surface area contributed by atoms with E-state index in [2.05, 4.69) is 50.0 Å². The Morgan fingerprint density at radius 3 is 1.69 bits per heavy atom. The molecule has 0 amide bonds.